The fourth-order valence-corrected chi connectivity index (χ4v) is 1.37. The lowest BCUT2D eigenvalue weighted by Gasteiger charge is -2.03. The average Bonchev–Trinajstić information content (AvgIpc) is 2.61. The molecular weight excluding hydrogens is 176 g/mol. The van der Waals surface area contributed by atoms with Crippen molar-refractivity contribution in [2.75, 3.05) is 6.61 Å². The largest absolute Gasteiger partial charge is 0.469 e. The maximum Gasteiger partial charge on any atom is 0.109 e. The van der Waals surface area contributed by atoms with Crippen LogP contribution in [0.3, 0.4) is 0 Å². The van der Waals surface area contributed by atoms with Crippen molar-refractivity contribution in [3.8, 4) is 0 Å². The molecular formula is C12H20O2. The number of unbranched alkanes of at least 4 members (excludes halogenated alkanes) is 1. The second-order valence-electron chi connectivity index (χ2n) is 3.53. The van der Waals surface area contributed by atoms with E-state index < -0.39 is 0 Å². The molecule has 0 aliphatic rings. The molecule has 1 aromatic rings. The van der Waals surface area contributed by atoms with Gasteiger partial charge in [-0.05, 0) is 18.9 Å². The Kier molecular flexibility index (Phi) is 5.38. The summed E-state index contributed by atoms with van der Waals surface area (Å²) in [4.78, 5) is 0. The predicted octanol–water partition coefficient (Wildman–Crippen LogP) is 3.55. The molecule has 0 spiro atoms. The molecule has 1 aromatic heterocycles. The van der Waals surface area contributed by atoms with Crippen LogP contribution in [0.15, 0.2) is 16.7 Å². The van der Waals surface area contributed by atoms with Crippen molar-refractivity contribution in [2.45, 2.75) is 46.1 Å². The van der Waals surface area contributed by atoms with Gasteiger partial charge in [0.05, 0.1) is 12.9 Å². The highest BCUT2D eigenvalue weighted by molar-refractivity contribution is 5.15. The lowest BCUT2D eigenvalue weighted by atomic mass is 10.2. The first-order valence-corrected chi connectivity index (χ1v) is 5.51. The Morgan fingerprint density at radius 3 is 2.86 bits per heavy atom. The van der Waals surface area contributed by atoms with Crippen LogP contribution in [0.5, 0.6) is 0 Å². The Bertz CT molecular complexity index is 240. The van der Waals surface area contributed by atoms with Crippen LogP contribution < -0.4 is 0 Å². The predicted molar refractivity (Wildman–Crippen MR) is 57.3 cm³/mol. The molecule has 0 saturated carbocycles. The summed E-state index contributed by atoms with van der Waals surface area (Å²) in [6.07, 6.45) is 6.21. The minimum absolute atomic E-state index is 0.700. The number of hydrogen-bond acceptors (Lipinski definition) is 2. The molecule has 1 heterocycles. The van der Waals surface area contributed by atoms with E-state index in [2.05, 4.69) is 13.8 Å². The Morgan fingerprint density at radius 1 is 1.29 bits per heavy atom. The molecule has 0 aliphatic heterocycles. The Morgan fingerprint density at radius 2 is 2.14 bits per heavy atom. The topological polar surface area (TPSA) is 22.4 Å². The first-order valence-electron chi connectivity index (χ1n) is 5.51. The second-order valence-corrected chi connectivity index (χ2v) is 3.53. The van der Waals surface area contributed by atoms with Gasteiger partial charge in [-0.25, -0.2) is 0 Å². The van der Waals surface area contributed by atoms with Crippen LogP contribution in [0, 0.1) is 0 Å². The van der Waals surface area contributed by atoms with Gasteiger partial charge in [-0.1, -0.05) is 20.3 Å². The normalized spacial score (nSPS) is 10.7. The van der Waals surface area contributed by atoms with Gasteiger partial charge in [0.25, 0.3) is 0 Å². The van der Waals surface area contributed by atoms with Crippen molar-refractivity contribution < 1.29 is 9.15 Å². The van der Waals surface area contributed by atoms with Gasteiger partial charge in [0.1, 0.15) is 5.76 Å². The first-order chi connectivity index (χ1) is 6.88. The third-order valence-electron chi connectivity index (χ3n) is 2.21. The van der Waals surface area contributed by atoms with E-state index in [-0.39, 0.29) is 0 Å². The summed E-state index contributed by atoms with van der Waals surface area (Å²) in [5.41, 5.74) is 1.21. The molecule has 0 amide bonds. The van der Waals surface area contributed by atoms with E-state index in [1.54, 1.807) is 6.26 Å². The van der Waals surface area contributed by atoms with Crippen molar-refractivity contribution in [2.24, 2.45) is 0 Å². The molecule has 0 N–H and O–H groups in total. The average molecular weight is 196 g/mol. The molecule has 0 saturated heterocycles. The number of furan rings is 1. The summed E-state index contributed by atoms with van der Waals surface area (Å²) in [6.45, 7) is 5.88. The number of hydrogen-bond donors (Lipinski definition) is 0. The second kappa shape index (κ2) is 6.66. The highest BCUT2D eigenvalue weighted by atomic mass is 16.5. The summed E-state index contributed by atoms with van der Waals surface area (Å²) in [6, 6.07) is 2.01. The van der Waals surface area contributed by atoms with E-state index in [1.165, 1.54) is 12.0 Å². The zero-order chi connectivity index (χ0) is 10.2. The fraction of sp³-hybridized carbons (Fsp3) is 0.667. The van der Waals surface area contributed by atoms with Gasteiger partial charge in [-0.3, -0.25) is 0 Å². The summed E-state index contributed by atoms with van der Waals surface area (Å²) >= 11 is 0. The summed E-state index contributed by atoms with van der Waals surface area (Å²) in [5.74, 6) is 1.09. The number of rotatable bonds is 7. The van der Waals surface area contributed by atoms with Gasteiger partial charge in [0.15, 0.2) is 0 Å². The molecule has 2 nitrogen and oxygen atoms in total. The molecule has 0 bridgehead atoms. The first kappa shape index (κ1) is 11.3. The lowest BCUT2D eigenvalue weighted by Crippen LogP contribution is -1.96. The van der Waals surface area contributed by atoms with Crippen molar-refractivity contribution in [3.05, 3.63) is 23.7 Å². The van der Waals surface area contributed by atoms with Gasteiger partial charge < -0.3 is 9.15 Å². The molecule has 14 heavy (non-hydrogen) atoms. The number of ether oxygens (including phenoxy) is 1. The van der Waals surface area contributed by atoms with Gasteiger partial charge in [0.2, 0.25) is 0 Å². The molecule has 2 heteroatoms. The maximum atomic E-state index is 5.55. The van der Waals surface area contributed by atoms with Crippen LogP contribution in [-0.4, -0.2) is 6.61 Å². The number of aryl methyl sites for hydroxylation is 1. The summed E-state index contributed by atoms with van der Waals surface area (Å²) in [5, 5.41) is 0. The zero-order valence-corrected chi connectivity index (χ0v) is 9.21. The van der Waals surface area contributed by atoms with Crippen molar-refractivity contribution in [1.82, 2.24) is 0 Å². The molecule has 0 aliphatic carbocycles. The van der Waals surface area contributed by atoms with Crippen LogP contribution in [0.2, 0.25) is 0 Å². The Labute approximate surface area is 86.3 Å². The van der Waals surface area contributed by atoms with E-state index in [0.29, 0.717) is 6.61 Å². The van der Waals surface area contributed by atoms with Crippen LogP contribution in [0.25, 0.3) is 0 Å². The quantitative estimate of drug-likeness (QED) is 0.622. The minimum atomic E-state index is 0.700. The van der Waals surface area contributed by atoms with Crippen LogP contribution in [-0.2, 0) is 17.8 Å². The molecule has 0 aromatic carbocycles. The van der Waals surface area contributed by atoms with Gasteiger partial charge in [-0.15, -0.1) is 0 Å². The summed E-state index contributed by atoms with van der Waals surface area (Å²) < 4.78 is 10.9. The van der Waals surface area contributed by atoms with Gasteiger partial charge >= 0.3 is 0 Å². The van der Waals surface area contributed by atoms with E-state index in [4.69, 9.17) is 9.15 Å². The lowest BCUT2D eigenvalue weighted by molar-refractivity contribution is 0.117. The molecule has 1 rings (SSSR count). The van der Waals surface area contributed by atoms with Crippen molar-refractivity contribution in [3.63, 3.8) is 0 Å². The molecule has 0 atom stereocenters. The minimum Gasteiger partial charge on any atom is -0.469 e. The highest BCUT2D eigenvalue weighted by Crippen LogP contribution is 2.13. The standard InChI is InChI=1S/C12H20O2/c1-3-5-8-13-10-11-7-9-14-12(11)6-4-2/h7,9H,3-6,8,10H2,1-2H3. The van der Waals surface area contributed by atoms with E-state index in [9.17, 15) is 0 Å². The SMILES string of the molecule is CCCCOCc1ccoc1CCC. The highest BCUT2D eigenvalue weighted by Gasteiger charge is 2.04. The van der Waals surface area contributed by atoms with E-state index in [0.717, 1.165) is 31.6 Å². The third kappa shape index (κ3) is 3.54. The maximum absolute atomic E-state index is 5.55. The molecule has 80 valence electrons. The third-order valence-corrected chi connectivity index (χ3v) is 2.21. The monoisotopic (exact) mass is 196 g/mol. The van der Waals surface area contributed by atoms with Crippen LogP contribution >= 0.6 is 0 Å². The zero-order valence-electron chi connectivity index (χ0n) is 9.21. The Hall–Kier alpha value is -0.760. The summed E-state index contributed by atoms with van der Waals surface area (Å²) in [7, 11) is 0. The Balaban J connectivity index is 2.30. The molecule has 0 radical (unpaired) electrons. The van der Waals surface area contributed by atoms with Crippen LogP contribution in [0.4, 0.5) is 0 Å². The van der Waals surface area contributed by atoms with Crippen LogP contribution in [0.1, 0.15) is 44.4 Å². The van der Waals surface area contributed by atoms with E-state index >= 15 is 0 Å². The van der Waals surface area contributed by atoms with Crippen molar-refractivity contribution in [1.29, 1.82) is 0 Å². The van der Waals surface area contributed by atoms with Gasteiger partial charge in [0, 0.05) is 18.6 Å². The molecule has 0 unspecified atom stereocenters. The van der Waals surface area contributed by atoms with Gasteiger partial charge in [-0.2, -0.15) is 0 Å². The van der Waals surface area contributed by atoms with Crippen molar-refractivity contribution >= 4 is 0 Å². The molecule has 0 fully saturated rings. The fourth-order valence-electron chi connectivity index (χ4n) is 1.37. The smallest absolute Gasteiger partial charge is 0.109 e. The van der Waals surface area contributed by atoms with E-state index in [1.807, 2.05) is 6.07 Å².